The number of benzene rings is 3. The van der Waals surface area contributed by atoms with Gasteiger partial charge in [0, 0.05) is 18.3 Å². The average molecular weight is 311 g/mol. The van der Waals surface area contributed by atoms with Gasteiger partial charge >= 0.3 is 0 Å². The second-order valence-corrected chi connectivity index (χ2v) is 6.21. The number of para-hydroxylation sites is 3. The summed E-state index contributed by atoms with van der Waals surface area (Å²) < 4.78 is 2.35. The number of nitrogens with zero attached hydrogens (tertiary/aromatic N) is 3. The molecule has 1 aliphatic heterocycles. The highest BCUT2D eigenvalue weighted by molar-refractivity contribution is 5.87. The number of aromatic nitrogens is 2. The first-order valence-electron chi connectivity index (χ1n) is 8.19. The molecular formula is C21H17N3. The summed E-state index contributed by atoms with van der Waals surface area (Å²) in [5.41, 5.74) is 5.87. The van der Waals surface area contributed by atoms with E-state index in [1.165, 1.54) is 22.3 Å². The molecule has 0 bridgehead atoms. The smallest absolute Gasteiger partial charge is 0.145 e. The Labute approximate surface area is 140 Å². The Morgan fingerprint density at radius 3 is 2.38 bits per heavy atom. The molecule has 0 fully saturated rings. The number of rotatable bonds is 1. The summed E-state index contributed by atoms with van der Waals surface area (Å²) in [5.74, 6) is 1.04. The molecule has 3 aromatic carbocycles. The Balaban J connectivity index is 1.89. The summed E-state index contributed by atoms with van der Waals surface area (Å²) in [6.07, 6.45) is 0.100. The van der Waals surface area contributed by atoms with Crippen LogP contribution in [0, 0.1) is 0 Å². The fourth-order valence-corrected chi connectivity index (χ4v) is 3.76. The zero-order valence-electron chi connectivity index (χ0n) is 13.4. The quantitative estimate of drug-likeness (QED) is 0.508. The largest absolute Gasteiger partial charge is 0.350 e. The third-order valence-corrected chi connectivity index (χ3v) is 4.83. The Morgan fingerprint density at radius 2 is 1.50 bits per heavy atom. The van der Waals surface area contributed by atoms with Gasteiger partial charge in [0.05, 0.1) is 11.0 Å². The molecule has 1 unspecified atom stereocenters. The van der Waals surface area contributed by atoms with E-state index in [0.29, 0.717) is 0 Å². The molecule has 1 aromatic heterocycles. The first-order chi connectivity index (χ1) is 11.8. The predicted octanol–water partition coefficient (Wildman–Crippen LogP) is 4.70. The van der Waals surface area contributed by atoms with E-state index in [9.17, 15) is 0 Å². The van der Waals surface area contributed by atoms with Crippen molar-refractivity contribution in [3.8, 4) is 11.4 Å². The van der Waals surface area contributed by atoms with Crippen molar-refractivity contribution >= 4 is 16.7 Å². The molecule has 0 amide bonds. The van der Waals surface area contributed by atoms with Gasteiger partial charge in [0.15, 0.2) is 0 Å². The van der Waals surface area contributed by atoms with Crippen molar-refractivity contribution < 1.29 is 0 Å². The maximum absolute atomic E-state index is 4.94. The first kappa shape index (κ1) is 13.4. The molecule has 0 aliphatic carbocycles. The van der Waals surface area contributed by atoms with Crippen molar-refractivity contribution in [3.05, 3.63) is 84.4 Å². The molecule has 0 saturated heterocycles. The number of imidazole rings is 1. The van der Waals surface area contributed by atoms with Gasteiger partial charge < -0.3 is 4.90 Å². The van der Waals surface area contributed by atoms with Crippen molar-refractivity contribution in [1.82, 2.24) is 9.55 Å². The van der Waals surface area contributed by atoms with Gasteiger partial charge in [-0.2, -0.15) is 0 Å². The molecular weight excluding hydrogens is 294 g/mol. The molecule has 4 aromatic rings. The van der Waals surface area contributed by atoms with E-state index in [1.54, 1.807) is 0 Å². The van der Waals surface area contributed by atoms with E-state index in [1.807, 2.05) is 0 Å². The van der Waals surface area contributed by atoms with E-state index in [4.69, 9.17) is 4.98 Å². The molecule has 0 spiro atoms. The van der Waals surface area contributed by atoms with E-state index >= 15 is 0 Å². The van der Waals surface area contributed by atoms with E-state index < -0.39 is 0 Å². The fourth-order valence-electron chi connectivity index (χ4n) is 3.76. The number of hydrogen-bond donors (Lipinski definition) is 0. The van der Waals surface area contributed by atoms with Crippen LogP contribution < -0.4 is 4.90 Å². The molecule has 5 rings (SSSR count). The Bertz CT molecular complexity index is 1030. The molecule has 0 radical (unpaired) electrons. The minimum atomic E-state index is 0.100. The zero-order chi connectivity index (χ0) is 16.1. The van der Waals surface area contributed by atoms with Crippen molar-refractivity contribution in [1.29, 1.82) is 0 Å². The van der Waals surface area contributed by atoms with Gasteiger partial charge in [-0.05, 0) is 29.8 Å². The van der Waals surface area contributed by atoms with Crippen molar-refractivity contribution in [3.63, 3.8) is 0 Å². The fraction of sp³-hybridized carbons (Fsp3) is 0.0952. The molecule has 2 heterocycles. The standard InChI is InChI=1S/C21H17N3/c1-23-18-13-7-5-11-16(18)20-22-17-12-6-8-14-19(17)24(20)21(23)15-9-3-2-4-10-15/h2-14,21H,1H3. The van der Waals surface area contributed by atoms with Crippen molar-refractivity contribution in [2.24, 2.45) is 0 Å². The zero-order valence-corrected chi connectivity index (χ0v) is 13.4. The van der Waals surface area contributed by atoms with Gasteiger partial charge in [-0.1, -0.05) is 54.6 Å². The van der Waals surface area contributed by atoms with Gasteiger partial charge in [-0.15, -0.1) is 0 Å². The lowest BCUT2D eigenvalue weighted by Gasteiger charge is -2.38. The van der Waals surface area contributed by atoms with Gasteiger partial charge in [0.2, 0.25) is 0 Å². The highest BCUT2D eigenvalue weighted by Gasteiger charge is 2.31. The summed E-state index contributed by atoms with van der Waals surface area (Å²) in [6.45, 7) is 0. The van der Waals surface area contributed by atoms with Crippen LogP contribution in [-0.4, -0.2) is 16.6 Å². The topological polar surface area (TPSA) is 21.1 Å². The number of anilines is 1. The number of fused-ring (bicyclic) bond motifs is 5. The number of hydrogen-bond acceptors (Lipinski definition) is 2. The van der Waals surface area contributed by atoms with Crippen LogP contribution in [0.2, 0.25) is 0 Å². The highest BCUT2D eigenvalue weighted by atomic mass is 15.3. The molecule has 1 atom stereocenters. The normalized spacial score (nSPS) is 16.0. The molecule has 3 heteroatoms. The van der Waals surface area contributed by atoms with Crippen LogP contribution in [0.4, 0.5) is 5.69 Å². The maximum atomic E-state index is 4.94. The lowest BCUT2D eigenvalue weighted by molar-refractivity contribution is 0.582. The van der Waals surface area contributed by atoms with Crippen LogP contribution in [0.3, 0.4) is 0 Å². The molecule has 3 nitrogen and oxygen atoms in total. The third-order valence-electron chi connectivity index (χ3n) is 4.83. The van der Waals surface area contributed by atoms with Crippen LogP contribution in [0.25, 0.3) is 22.4 Å². The van der Waals surface area contributed by atoms with Crippen LogP contribution in [0.5, 0.6) is 0 Å². The van der Waals surface area contributed by atoms with Crippen molar-refractivity contribution in [2.45, 2.75) is 6.17 Å². The summed E-state index contributed by atoms with van der Waals surface area (Å²) in [5, 5.41) is 0. The Kier molecular flexibility index (Phi) is 2.77. The lowest BCUT2D eigenvalue weighted by Crippen LogP contribution is -2.34. The molecule has 24 heavy (non-hydrogen) atoms. The second kappa shape index (κ2) is 4.96. The minimum absolute atomic E-state index is 0.100. The minimum Gasteiger partial charge on any atom is -0.350 e. The lowest BCUT2D eigenvalue weighted by atomic mass is 10.0. The van der Waals surface area contributed by atoms with E-state index in [0.717, 1.165) is 11.3 Å². The van der Waals surface area contributed by atoms with Crippen molar-refractivity contribution in [2.75, 3.05) is 11.9 Å². The molecule has 0 saturated carbocycles. The van der Waals surface area contributed by atoms with Crippen LogP contribution in [0.15, 0.2) is 78.9 Å². The van der Waals surface area contributed by atoms with E-state index in [2.05, 4.69) is 95.4 Å². The average Bonchev–Trinajstić information content (AvgIpc) is 3.03. The van der Waals surface area contributed by atoms with Crippen LogP contribution in [0.1, 0.15) is 11.7 Å². The predicted molar refractivity (Wildman–Crippen MR) is 98.2 cm³/mol. The van der Waals surface area contributed by atoms with Gasteiger partial charge in [0.25, 0.3) is 0 Å². The van der Waals surface area contributed by atoms with Gasteiger partial charge in [0.1, 0.15) is 12.0 Å². The van der Waals surface area contributed by atoms with Gasteiger partial charge in [-0.25, -0.2) is 4.98 Å². The Hall–Kier alpha value is -3.07. The second-order valence-electron chi connectivity index (χ2n) is 6.21. The SMILES string of the molecule is CN1c2ccccc2-c2nc3ccccc3n2C1c1ccccc1. The summed E-state index contributed by atoms with van der Waals surface area (Å²) in [7, 11) is 2.16. The molecule has 1 aliphatic rings. The Morgan fingerprint density at radius 1 is 0.792 bits per heavy atom. The summed E-state index contributed by atoms with van der Waals surface area (Å²) in [6, 6.07) is 27.5. The molecule has 0 N–H and O–H groups in total. The molecule has 116 valence electrons. The third kappa shape index (κ3) is 1.75. The monoisotopic (exact) mass is 311 g/mol. The van der Waals surface area contributed by atoms with Crippen LogP contribution in [-0.2, 0) is 0 Å². The van der Waals surface area contributed by atoms with Gasteiger partial charge in [-0.3, -0.25) is 4.57 Å². The summed E-state index contributed by atoms with van der Waals surface area (Å²) >= 11 is 0. The van der Waals surface area contributed by atoms with Crippen LogP contribution >= 0.6 is 0 Å². The van der Waals surface area contributed by atoms with E-state index in [-0.39, 0.29) is 6.17 Å². The maximum Gasteiger partial charge on any atom is 0.145 e. The summed E-state index contributed by atoms with van der Waals surface area (Å²) in [4.78, 5) is 7.28. The first-order valence-corrected chi connectivity index (χ1v) is 8.19. The highest BCUT2D eigenvalue weighted by Crippen LogP contribution is 2.43.